The molecule has 10 atom stereocenters. The monoisotopic (exact) mass is 300 g/mol. The normalized spacial score (nSPS) is 70.9. The fraction of sp³-hybridized carbons (Fsp3) is 1.00. The summed E-state index contributed by atoms with van der Waals surface area (Å²) in [6.07, 6.45) is 4.67. The van der Waals surface area contributed by atoms with Crippen molar-refractivity contribution in [1.29, 1.82) is 0 Å². The van der Waals surface area contributed by atoms with E-state index in [0.717, 1.165) is 35.5 Å². The van der Waals surface area contributed by atoms with Crippen molar-refractivity contribution < 1.29 is 0 Å². The molecule has 124 valence electrons. The zero-order chi connectivity index (χ0) is 16.1. The highest BCUT2D eigenvalue weighted by Gasteiger charge is 2.94. The molecule has 6 fully saturated rings. The molecule has 0 heteroatoms. The first-order valence-electron chi connectivity index (χ1n) is 10.0. The Morgan fingerprint density at radius 2 is 1.41 bits per heavy atom. The van der Waals surface area contributed by atoms with E-state index in [1.807, 2.05) is 0 Å². The molecule has 10 unspecified atom stereocenters. The van der Waals surface area contributed by atoms with Crippen LogP contribution in [0.5, 0.6) is 0 Å². The van der Waals surface area contributed by atoms with Crippen LogP contribution in [0.2, 0.25) is 0 Å². The summed E-state index contributed by atoms with van der Waals surface area (Å²) in [6.45, 7) is 21.1. The minimum absolute atomic E-state index is 0.430. The lowest BCUT2D eigenvalue weighted by Crippen LogP contribution is -2.93. The van der Waals surface area contributed by atoms with E-state index >= 15 is 0 Å². The molecule has 0 amide bonds. The van der Waals surface area contributed by atoms with Crippen LogP contribution in [0.4, 0.5) is 0 Å². The molecule has 0 heterocycles. The minimum Gasteiger partial charge on any atom is -0.0619 e. The molecular formula is C22H36. The molecule has 6 saturated carbocycles. The Morgan fingerprint density at radius 1 is 0.818 bits per heavy atom. The van der Waals surface area contributed by atoms with Crippen LogP contribution in [0, 0.1) is 62.6 Å². The largest absolute Gasteiger partial charge is 0.0619 e. The van der Waals surface area contributed by atoms with Gasteiger partial charge in [-0.05, 0) is 81.8 Å². The molecular weight excluding hydrogens is 264 g/mol. The highest BCUT2D eigenvalue weighted by atomic mass is 15.0. The van der Waals surface area contributed by atoms with E-state index in [-0.39, 0.29) is 0 Å². The van der Waals surface area contributed by atoms with Crippen LogP contribution in [0.25, 0.3) is 0 Å². The topological polar surface area (TPSA) is 0 Å². The molecule has 0 radical (unpaired) electrons. The van der Waals surface area contributed by atoms with Gasteiger partial charge in [-0.25, -0.2) is 0 Å². The fourth-order valence-electron chi connectivity index (χ4n) is 10.7. The first kappa shape index (κ1) is 14.4. The van der Waals surface area contributed by atoms with Crippen LogP contribution in [0.3, 0.4) is 0 Å². The van der Waals surface area contributed by atoms with Crippen LogP contribution in [-0.2, 0) is 0 Å². The maximum absolute atomic E-state index is 2.75. The van der Waals surface area contributed by atoms with Crippen molar-refractivity contribution in [3.05, 3.63) is 0 Å². The van der Waals surface area contributed by atoms with E-state index in [0.29, 0.717) is 27.1 Å². The molecule has 0 saturated heterocycles. The van der Waals surface area contributed by atoms with E-state index in [1.54, 1.807) is 12.8 Å². The van der Waals surface area contributed by atoms with Crippen molar-refractivity contribution in [2.75, 3.05) is 0 Å². The van der Waals surface area contributed by atoms with Crippen molar-refractivity contribution in [2.24, 2.45) is 62.6 Å². The number of rotatable bonds is 0. The standard InChI is InChI=1S/C22H36/c1-12-9-16-17-11-14-10-15-13(2)20(7,21(17,8)18(3,4)5)22(14,15)19(12,16)6/h12-17H,9-11H2,1-8H3. The highest BCUT2D eigenvalue weighted by Crippen LogP contribution is 2.98. The van der Waals surface area contributed by atoms with Crippen molar-refractivity contribution in [3.8, 4) is 0 Å². The average Bonchev–Trinajstić information content (AvgIpc) is 2.40. The fourth-order valence-corrected chi connectivity index (χ4v) is 10.7. The van der Waals surface area contributed by atoms with Gasteiger partial charge in [0.05, 0.1) is 0 Å². The third-order valence-corrected chi connectivity index (χ3v) is 11.8. The van der Waals surface area contributed by atoms with E-state index in [4.69, 9.17) is 0 Å². The SMILES string of the molecule is CC1CC2C3CC4CC5C(C)C(C)(C3(C)C(C)(C)C)C45C12C. The van der Waals surface area contributed by atoms with Crippen LogP contribution in [0.15, 0.2) is 0 Å². The summed E-state index contributed by atoms with van der Waals surface area (Å²) in [7, 11) is 0. The minimum atomic E-state index is 0.430. The van der Waals surface area contributed by atoms with Crippen molar-refractivity contribution in [1.82, 2.24) is 0 Å². The van der Waals surface area contributed by atoms with Gasteiger partial charge in [-0.15, -0.1) is 0 Å². The smallest absolute Gasteiger partial charge is 0.0117 e. The molecule has 1 spiro atoms. The first-order valence-corrected chi connectivity index (χ1v) is 10.0. The quantitative estimate of drug-likeness (QED) is 0.513. The Labute approximate surface area is 137 Å². The molecule has 0 aliphatic heterocycles. The van der Waals surface area contributed by atoms with Gasteiger partial charge in [0.15, 0.2) is 0 Å². The van der Waals surface area contributed by atoms with Gasteiger partial charge in [0.25, 0.3) is 0 Å². The van der Waals surface area contributed by atoms with Crippen LogP contribution in [-0.4, -0.2) is 0 Å². The van der Waals surface area contributed by atoms with Gasteiger partial charge in [0.2, 0.25) is 0 Å². The van der Waals surface area contributed by atoms with Gasteiger partial charge in [-0.2, -0.15) is 0 Å². The summed E-state index contributed by atoms with van der Waals surface area (Å²) in [6, 6.07) is 0. The Morgan fingerprint density at radius 3 is 1.95 bits per heavy atom. The van der Waals surface area contributed by atoms with E-state index < -0.39 is 0 Å². The van der Waals surface area contributed by atoms with Gasteiger partial charge in [0.1, 0.15) is 0 Å². The summed E-state index contributed by atoms with van der Waals surface area (Å²) in [5.74, 6) is 6.06. The van der Waals surface area contributed by atoms with Gasteiger partial charge < -0.3 is 0 Å². The van der Waals surface area contributed by atoms with E-state index in [2.05, 4.69) is 55.4 Å². The maximum Gasteiger partial charge on any atom is -0.0117 e. The third-order valence-electron chi connectivity index (χ3n) is 11.8. The molecule has 0 nitrogen and oxygen atoms in total. The summed E-state index contributed by atoms with van der Waals surface area (Å²) >= 11 is 0. The number of hydrogen-bond donors (Lipinski definition) is 0. The lowest BCUT2D eigenvalue weighted by atomic mass is 9.06. The molecule has 6 aliphatic rings. The Bertz CT molecular complexity index is 563. The van der Waals surface area contributed by atoms with Crippen molar-refractivity contribution in [3.63, 3.8) is 0 Å². The second-order valence-corrected chi connectivity index (χ2v) is 11.7. The van der Waals surface area contributed by atoms with E-state index in [1.165, 1.54) is 6.42 Å². The summed E-state index contributed by atoms with van der Waals surface area (Å²) < 4.78 is 0. The maximum atomic E-state index is 2.75. The average molecular weight is 301 g/mol. The third kappa shape index (κ3) is 0.853. The molecule has 6 rings (SSSR count). The Kier molecular flexibility index (Phi) is 2.11. The molecule has 22 heavy (non-hydrogen) atoms. The van der Waals surface area contributed by atoms with Crippen molar-refractivity contribution >= 4 is 0 Å². The molecule has 0 aromatic carbocycles. The summed E-state index contributed by atoms with van der Waals surface area (Å²) in [5, 5.41) is 0. The van der Waals surface area contributed by atoms with Crippen LogP contribution >= 0.6 is 0 Å². The second-order valence-electron chi connectivity index (χ2n) is 11.7. The molecule has 0 aromatic heterocycles. The molecule has 6 aliphatic carbocycles. The molecule has 0 N–H and O–H groups in total. The van der Waals surface area contributed by atoms with Gasteiger partial charge in [0, 0.05) is 0 Å². The van der Waals surface area contributed by atoms with Gasteiger partial charge >= 0.3 is 0 Å². The predicted octanol–water partition coefficient (Wildman–Crippen LogP) is 6.01. The summed E-state index contributed by atoms with van der Waals surface area (Å²) in [4.78, 5) is 0. The second kappa shape index (κ2) is 3.23. The number of hydrogen-bond acceptors (Lipinski definition) is 0. The summed E-state index contributed by atoms with van der Waals surface area (Å²) in [5.41, 5.74) is 2.92. The molecule has 0 aromatic rings. The highest BCUT2D eigenvalue weighted by molar-refractivity contribution is 5.41. The Hall–Kier alpha value is 0. The van der Waals surface area contributed by atoms with Crippen LogP contribution < -0.4 is 0 Å². The first-order chi connectivity index (χ1) is 10.0. The zero-order valence-corrected chi connectivity index (χ0v) is 16.1. The Balaban J connectivity index is 1.80. The van der Waals surface area contributed by atoms with Crippen molar-refractivity contribution in [2.45, 2.75) is 74.7 Å². The van der Waals surface area contributed by atoms with Gasteiger partial charge in [-0.3, -0.25) is 0 Å². The van der Waals surface area contributed by atoms with E-state index in [9.17, 15) is 0 Å². The molecule has 2 bridgehead atoms. The van der Waals surface area contributed by atoms with Gasteiger partial charge in [-0.1, -0.05) is 55.4 Å². The lowest BCUT2D eigenvalue weighted by molar-refractivity contribution is -0.506. The predicted molar refractivity (Wildman–Crippen MR) is 92.3 cm³/mol. The van der Waals surface area contributed by atoms with Crippen LogP contribution in [0.1, 0.15) is 74.7 Å². The lowest BCUT2D eigenvalue weighted by Gasteiger charge is -2.98. The zero-order valence-electron chi connectivity index (χ0n) is 16.1.